The van der Waals surface area contributed by atoms with Crippen LogP contribution in [0.5, 0.6) is 0 Å². The van der Waals surface area contributed by atoms with Gasteiger partial charge in [-0.1, -0.05) is 30.0 Å². The number of nitrogens with zero attached hydrogens (tertiary/aromatic N) is 3. The highest BCUT2D eigenvalue weighted by Crippen LogP contribution is 2.42. The number of thiophene rings is 1. The maximum Gasteiger partial charge on any atom is 0.192 e. The lowest BCUT2D eigenvalue weighted by Crippen LogP contribution is -2.15. The largest absolute Gasteiger partial charge is 0.298 e. The molecule has 1 aliphatic rings. The molecule has 4 nitrogen and oxygen atoms in total. The lowest BCUT2D eigenvalue weighted by Gasteiger charge is -2.13. The summed E-state index contributed by atoms with van der Waals surface area (Å²) in [6.07, 6.45) is 2.31. The number of aryl methyl sites for hydroxylation is 2. The molecule has 0 unspecified atom stereocenters. The van der Waals surface area contributed by atoms with Crippen molar-refractivity contribution in [2.45, 2.75) is 50.1 Å². The van der Waals surface area contributed by atoms with E-state index in [0.717, 1.165) is 39.8 Å². The fraction of sp³-hybridized carbons (Fsp3) is 0.350. The highest BCUT2D eigenvalue weighted by atomic mass is 32.2. The van der Waals surface area contributed by atoms with Gasteiger partial charge in [0, 0.05) is 11.6 Å². The van der Waals surface area contributed by atoms with Gasteiger partial charge in [-0.15, -0.1) is 21.5 Å². The first-order valence-electron chi connectivity index (χ1n) is 8.81. The van der Waals surface area contributed by atoms with Crippen molar-refractivity contribution >= 4 is 28.9 Å². The van der Waals surface area contributed by atoms with Gasteiger partial charge < -0.3 is 0 Å². The Morgan fingerprint density at radius 1 is 1.23 bits per heavy atom. The number of thioether (sulfide) groups is 1. The molecular weight excluding hydrogens is 362 g/mol. The van der Waals surface area contributed by atoms with E-state index < -0.39 is 0 Å². The van der Waals surface area contributed by atoms with E-state index in [4.69, 9.17) is 0 Å². The van der Waals surface area contributed by atoms with Crippen LogP contribution >= 0.6 is 23.1 Å². The van der Waals surface area contributed by atoms with Gasteiger partial charge in [-0.05, 0) is 62.3 Å². The monoisotopic (exact) mass is 383 g/mol. The zero-order chi connectivity index (χ0) is 18.3. The first-order valence-corrected chi connectivity index (χ1v) is 10.6. The molecule has 0 aliphatic heterocycles. The predicted molar refractivity (Wildman–Crippen MR) is 107 cm³/mol. The first-order chi connectivity index (χ1) is 12.5. The molecule has 1 atom stereocenters. The zero-order valence-corrected chi connectivity index (χ0v) is 16.7. The molecule has 0 spiro atoms. The van der Waals surface area contributed by atoms with Crippen LogP contribution < -0.4 is 0 Å². The molecule has 4 rings (SSSR count). The maximum absolute atomic E-state index is 12.9. The fourth-order valence-electron chi connectivity index (χ4n) is 2.93. The highest BCUT2D eigenvalue weighted by Gasteiger charge is 2.31. The Balaban J connectivity index is 1.59. The summed E-state index contributed by atoms with van der Waals surface area (Å²) in [5.74, 6) is 1.07. The lowest BCUT2D eigenvalue weighted by molar-refractivity contribution is 0.0993. The van der Waals surface area contributed by atoms with E-state index in [0.29, 0.717) is 6.04 Å². The van der Waals surface area contributed by atoms with Gasteiger partial charge in [0.2, 0.25) is 0 Å². The molecule has 0 N–H and O–H groups in total. The second kappa shape index (κ2) is 7.00. The van der Waals surface area contributed by atoms with Crippen LogP contribution in [0.15, 0.2) is 40.9 Å². The minimum atomic E-state index is -0.199. The van der Waals surface area contributed by atoms with Crippen molar-refractivity contribution in [1.29, 1.82) is 0 Å². The minimum absolute atomic E-state index is 0.140. The zero-order valence-electron chi connectivity index (χ0n) is 15.1. The van der Waals surface area contributed by atoms with Gasteiger partial charge in [0.15, 0.2) is 16.8 Å². The van der Waals surface area contributed by atoms with E-state index >= 15 is 0 Å². The number of rotatable bonds is 6. The Kier molecular flexibility index (Phi) is 4.71. The van der Waals surface area contributed by atoms with Crippen LogP contribution in [0.4, 0.5) is 0 Å². The van der Waals surface area contributed by atoms with Crippen molar-refractivity contribution in [3.05, 3.63) is 52.4 Å². The van der Waals surface area contributed by atoms with Gasteiger partial charge in [-0.25, -0.2) is 0 Å². The standard InChI is InChI=1S/C20H21N3OS2/c1-12-6-7-15(11-13(12)2)18(24)14(3)26-20-22-21-19(17-5-4-10-25-17)23(20)16-8-9-16/h4-7,10-11,14,16H,8-9H2,1-3H3/t14-/m0/s1. The number of hydrogen-bond acceptors (Lipinski definition) is 5. The topological polar surface area (TPSA) is 47.8 Å². The van der Waals surface area contributed by atoms with Crippen LogP contribution in [0.25, 0.3) is 10.7 Å². The quantitative estimate of drug-likeness (QED) is 0.427. The Morgan fingerprint density at radius 3 is 2.69 bits per heavy atom. The maximum atomic E-state index is 12.9. The Hall–Kier alpha value is -1.92. The summed E-state index contributed by atoms with van der Waals surface area (Å²) in [6, 6.07) is 10.5. The summed E-state index contributed by atoms with van der Waals surface area (Å²) in [7, 11) is 0. The average Bonchev–Trinajstić information content (AvgIpc) is 3.16. The van der Waals surface area contributed by atoms with E-state index in [1.165, 1.54) is 17.3 Å². The molecule has 1 aromatic carbocycles. The minimum Gasteiger partial charge on any atom is -0.298 e. The predicted octanol–water partition coefficient (Wildman–Crippen LogP) is 5.32. The number of aromatic nitrogens is 3. The van der Waals surface area contributed by atoms with E-state index in [1.807, 2.05) is 38.1 Å². The SMILES string of the molecule is Cc1ccc(C(=O)[C@H](C)Sc2nnc(-c3cccs3)n2C2CC2)cc1C. The van der Waals surface area contributed by atoms with Crippen LogP contribution in [0, 0.1) is 13.8 Å². The summed E-state index contributed by atoms with van der Waals surface area (Å²) in [4.78, 5) is 14.0. The summed E-state index contributed by atoms with van der Waals surface area (Å²) in [5, 5.41) is 11.5. The molecule has 1 fully saturated rings. The van der Waals surface area contributed by atoms with Gasteiger partial charge in [0.05, 0.1) is 10.1 Å². The average molecular weight is 384 g/mol. The van der Waals surface area contributed by atoms with Gasteiger partial charge in [-0.3, -0.25) is 9.36 Å². The molecule has 134 valence electrons. The van der Waals surface area contributed by atoms with Crippen LogP contribution in [-0.2, 0) is 0 Å². The number of ketones is 1. The second-order valence-corrected chi connectivity index (χ2v) is 9.06. The molecular formula is C20H21N3OS2. The molecule has 0 bridgehead atoms. The molecule has 0 saturated heterocycles. The molecule has 6 heteroatoms. The second-order valence-electron chi connectivity index (χ2n) is 6.81. The summed E-state index contributed by atoms with van der Waals surface area (Å²) < 4.78 is 2.22. The molecule has 1 saturated carbocycles. The number of carbonyl (C=O) groups excluding carboxylic acids is 1. The molecule has 1 aliphatic carbocycles. The molecule has 0 radical (unpaired) electrons. The third-order valence-corrected chi connectivity index (χ3v) is 6.68. The summed E-state index contributed by atoms with van der Waals surface area (Å²) in [5.41, 5.74) is 3.12. The molecule has 2 aromatic heterocycles. The van der Waals surface area contributed by atoms with Crippen LogP contribution in [0.2, 0.25) is 0 Å². The third kappa shape index (κ3) is 3.35. The summed E-state index contributed by atoms with van der Waals surface area (Å²) >= 11 is 3.19. The van der Waals surface area contributed by atoms with Gasteiger partial charge in [-0.2, -0.15) is 0 Å². The Bertz CT molecular complexity index is 942. The molecule has 3 aromatic rings. The number of hydrogen-bond donors (Lipinski definition) is 0. The van der Waals surface area contributed by atoms with Crippen molar-refractivity contribution < 1.29 is 4.79 Å². The Morgan fingerprint density at radius 2 is 2.04 bits per heavy atom. The Labute approximate surface area is 161 Å². The molecule has 26 heavy (non-hydrogen) atoms. The van der Waals surface area contributed by atoms with Crippen LogP contribution in [0.1, 0.15) is 47.3 Å². The number of benzene rings is 1. The van der Waals surface area contributed by atoms with Gasteiger partial charge in [0.1, 0.15) is 0 Å². The van der Waals surface area contributed by atoms with E-state index in [9.17, 15) is 4.79 Å². The smallest absolute Gasteiger partial charge is 0.192 e. The summed E-state index contributed by atoms with van der Waals surface area (Å²) in [6.45, 7) is 6.06. The van der Waals surface area contributed by atoms with Crippen molar-refractivity contribution in [2.75, 3.05) is 0 Å². The van der Waals surface area contributed by atoms with E-state index in [2.05, 4.69) is 33.1 Å². The van der Waals surface area contributed by atoms with Crippen molar-refractivity contribution in [3.8, 4) is 10.7 Å². The number of carbonyl (C=O) groups is 1. The van der Waals surface area contributed by atoms with Gasteiger partial charge in [0.25, 0.3) is 0 Å². The van der Waals surface area contributed by atoms with E-state index in [1.54, 1.807) is 11.3 Å². The fourth-order valence-corrected chi connectivity index (χ4v) is 4.64. The third-order valence-electron chi connectivity index (χ3n) is 4.76. The normalized spacial score (nSPS) is 15.2. The number of Topliss-reactive ketones (excluding diaryl/α,β-unsaturated/α-hetero) is 1. The van der Waals surface area contributed by atoms with Crippen LogP contribution in [-0.4, -0.2) is 25.8 Å². The van der Waals surface area contributed by atoms with Crippen molar-refractivity contribution in [2.24, 2.45) is 0 Å². The van der Waals surface area contributed by atoms with E-state index in [-0.39, 0.29) is 11.0 Å². The van der Waals surface area contributed by atoms with Crippen molar-refractivity contribution in [1.82, 2.24) is 14.8 Å². The van der Waals surface area contributed by atoms with Crippen LogP contribution in [0.3, 0.4) is 0 Å². The van der Waals surface area contributed by atoms with Crippen molar-refractivity contribution in [3.63, 3.8) is 0 Å². The lowest BCUT2D eigenvalue weighted by atomic mass is 10.0. The highest BCUT2D eigenvalue weighted by molar-refractivity contribution is 8.00. The van der Waals surface area contributed by atoms with Gasteiger partial charge >= 0.3 is 0 Å². The molecule has 2 heterocycles. The first kappa shape index (κ1) is 17.5. The molecule has 0 amide bonds.